The summed E-state index contributed by atoms with van der Waals surface area (Å²) in [5.41, 5.74) is 0.673. The third-order valence-electron chi connectivity index (χ3n) is 2.78. The van der Waals surface area contributed by atoms with Crippen molar-refractivity contribution in [3.63, 3.8) is 0 Å². The van der Waals surface area contributed by atoms with Gasteiger partial charge in [-0.2, -0.15) is 0 Å². The molecule has 0 aliphatic heterocycles. The fraction of sp³-hybridized carbons (Fsp3) is 0.0714. The number of halogens is 2. The Kier molecular flexibility index (Phi) is 4.37. The predicted molar refractivity (Wildman–Crippen MR) is 77.6 cm³/mol. The van der Waals surface area contributed by atoms with Crippen molar-refractivity contribution < 1.29 is 9.72 Å². The van der Waals surface area contributed by atoms with Gasteiger partial charge in [-0.3, -0.25) is 14.9 Å². The number of hydrogen-bond acceptors (Lipinski definition) is 3. The number of hydrogen-bond donors (Lipinski definition) is 0. The fourth-order valence-corrected chi connectivity index (χ4v) is 2.08. The Hall–Kier alpha value is -1.91. The number of benzene rings is 2. The summed E-state index contributed by atoms with van der Waals surface area (Å²) in [7, 11) is 0. The first-order valence-corrected chi connectivity index (χ1v) is 6.45. The monoisotopic (exact) mass is 309 g/mol. The van der Waals surface area contributed by atoms with Gasteiger partial charge < -0.3 is 0 Å². The lowest BCUT2D eigenvalue weighted by Crippen LogP contribution is -2.05. The fourth-order valence-electron chi connectivity index (χ4n) is 1.78. The quantitative estimate of drug-likeness (QED) is 0.480. The summed E-state index contributed by atoms with van der Waals surface area (Å²) in [4.78, 5) is 22.5. The van der Waals surface area contributed by atoms with Crippen molar-refractivity contribution in [2.45, 2.75) is 6.42 Å². The van der Waals surface area contributed by atoms with Crippen molar-refractivity contribution in [2.24, 2.45) is 0 Å². The Labute approximate surface area is 125 Å². The normalized spacial score (nSPS) is 10.3. The van der Waals surface area contributed by atoms with Gasteiger partial charge in [0, 0.05) is 23.6 Å². The van der Waals surface area contributed by atoms with Gasteiger partial charge in [-0.05, 0) is 18.2 Å². The minimum Gasteiger partial charge on any atom is -0.294 e. The third-order valence-corrected chi connectivity index (χ3v) is 3.52. The van der Waals surface area contributed by atoms with Crippen molar-refractivity contribution in [3.8, 4) is 0 Å². The van der Waals surface area contributed by atoms with Crippen LogP contribution in [0.5, 0.6) is 0 Å². The SMILES string of the molecule is O=C(Cc1ccccc1[N+](=O)[O-])c1ccc(Cl)c(Cl)c1. The highest BCUT2D eigenvalue weighted by Gasteiger charge is 2.17. The van der Waals surface area contributed by atoms with Crippen LogP contribution in [0, 0.1) is 10.1 Å². The van der Waals surface area contributed by atoms with Crippen LogP contribution in [0.15, 0.2) is 42.5 Å². The summed E-state index contributed by atoms with van der Waals surface area (Å²) < 4.78 is 0. The molecule has 0 atom stereocenters. The molecule has 2 aromatic carbocycles. The number of carbonyl (C=O) groups excluding carboxylic acids is 1. The Bertz CT molecular complexity index is 686. The van der Waals surface area contributed by atoms with Crippen LogP contribution in [0.25, 0.3) is 0 Å². The first-order chi connectivity index (χ1) is 9.49. The van der Waals surface area contributed by atoms with Crippen molar-refractivity contribution in [1.82, 2.24) is 0 Å². The zero-order valence-electron chi connectivity index (χ0n) is 10.2. The van der Waals surface area contributed by atoms with E-state index in [1.807, 2.05) is 0 Å². The van der Waals surface area contributed by atoms with Crippen molar-refractivity contribution in [2.75, 3.05) is 0 Å². The molecule has 0 spiro atoms. The second-order valence-electron chi connectivity index (χ2n) is 4.11. The summed E-state index contributed by atoms with van der Waals surface area (Å²) in [6.45, 7) is 0. The number of nitro groups is 1. The zero-order chi connectivity index (χ0) is 14.7. The number of carbonyl (C=O) groups is 1. The van der Waals surface area contributed by atoms with E-state index in [4.69, 9.17) is 23.2 Å². The minimum absolute atomic E-state index is 0.0604. The molecule has 0 aliphatic rings. The highest BCUT2D eigenvalue weighted by Crippen LogP contribution is 2.24. The van der Waals surface area contributed by atoms with E-state index in [1.54, 1.807) is 24.3 Å². The number of nitro benzene ring substituents is 1. The molecule has 0 aliphatic carbocycles. The van der Waals surface area contributed by atoms with Crippen LogP contribution in [-0.4, -0.2) is 10.7 Å². The topological polar surface area (TPSA) is 60.2 Å². The largest absolute Gasteiger partial charge is 0.294 e. The summed E-state index contributed by atoms with van der Waals surface area (Å²) in [5.74, 6) is -0.252. The van der Waals surface area contributed by atoms with Crippen LogP contribution in [-0.2, 0) is 6.42 Å². The van der Waals surface area contributed by atoms with Gasteiger partial charge >= 0.3 is 0 Å². The maximum absolute atomic E-state index is 12.1. The first-order valence-electron chi connectivity index (χ1n) is 5.69. The molecule has 0 heterocycles. The number of Topliss-reactive ketones (excluding diaryl/α,β-unsaturated/α-hetero) is 1. The van der Waals surface area contributed by atoms with Gasteiger partial charge in [-0.1, -0.05) is 41.4 Å². The van der Waals surface area contributed by atoms with Crippen molar-refractivity contribution in [3.05, 3.63) is 73.8 Å². The summed E-state index contributed by atoms with van der Waals surface area (Å²) in [6.07, 6.45) is -0.0604. The molecule has 0 saturated heterocycles. The highest BCUT2D eigenvalue weighted by molar-refractivity contribution is 6.42. The Morgan fingerprint density at radius 2 is 1.80 bits per heavy atom. The molecular formula is C14H9Cl2NO3. The van der Waals surface area contributed by atoms with Gasteiger partial charge in [0.25, 0.3) is 5.69 Å². The van der Waals surface area contributed by atoms with Gasteiger partial charge in [0.05, 0.1) is 15.0 Å². The lowest BCUT2D eigenvalue weighted by Gasteiger charge is -2.04. The molecule has 20 heavy (non-hydrogen) atoms. The molecule has 4 nitrogen and oxygen atoms in total. The molecule has 2 aromatic rings. The second kappa shape index (κ2) is 6.03. The van der Waals surface area contributed by atoms with Gasteiger partial charge in [0.15, 0.2) is 5.78 Å². The molecule has 0 fully saturated rings. The van der Waals surface area contributed by atoms with Crippen LogP contribution in [0.3, 0.4) is 0 Å². The minimum atomic E-state index is -0.503. The summed E-state index contributed by atoms with van der Waals surface area (Å²) >= 11 is 11.6. The Morgan fingerprint density at radius 3 is 2.45 bits per heavy atom. The number of para-hydroxylation sites is 1. The van der Waals surface area contributed by atoms with Crippen LogP contribution < -0.4 is 0 Å². The lowest BCUT2D eigenvalue weighted by molar-refractivity contribution is -0.385. The molecular weight excluding hydrogens is 301 g/mol. The molecule has 2 rings (SSSR count). The molecule has 0 radical (unpaired) electrons. The molecule has 6 heteroatoms. The highest BCUT2D eigenvalue weighted by atomic mass is 35.5. The summed E-state index contributed by atoms with van der Waals surface area (Å²) in [5, 5.41) is 11.5. The molecule has 0 unspecified atom stereocenters. The maximum Gasteiger partial charge on any atom is 0.273 e. The van der Waals surface area contributed by atoms with Gasteiger partial charge in [-0.25, -0.2) is 0 Å². The van der Waals surface area contributed by atoms with Crippen LogP contribution in [0.4, 0.5) is 5.69 Å². The average molecular weight is 310 g/mol. The van der Waals surface area contributed by atoms with Crippen LogP contribution >= 0.6 is 23.2 Å². The molecule has 0 saturated carbocycles. The average Bonchev–Trinajstić information content (AvgIpc) is 2.42. The molecule has 0 N–H and O–H groups in total. The van der Waals surface area contributed by atoms with Crippen LogP contribution in [0.1, 0.15) is 15.9 Å². The molecule has 0 amide bonds. The Morgan fingerprint density at radius 1 is 1.10 bits per heavy atom. The Balaban J connectivity index is 2.28. The van der Waals surface area contributed by atoms with Crippen molar-refractivity contribution in [1.29, 1.82) is 0 Å². The van der Waals surface area contributed by atoms with E-state index < -0.39 is 4.92 Å². The second-order valence-corrected chi connectivity index (χ2v) is 4.93. The predicted octanol–water partition coefficient (Wildman–Crippen LogP) is 4.33. The van der Waals surface area contributed by atoms with Gasteiger partial charge in [-0.15, -0.1) is 0 Å². The van der Waals surface area contributed by atoms with E-state index in [9.17, 15) is 14.9 Å². The van der Waals surface area contributed by atoms with Crippen LogP contribution in [0.2, 0.25) is 10.0 Å². The van der Waals surface area contributed by atoms with Crippen molar-refractivity contribution >= 4 is 34.7 Å². The third kappa shape index (κ3) is 3.15. The number of nitrogens with zero attached hydrogens (tertiary/aromatic N) is 1. The van der Waals surface area contributed by atoms with E-state index >= 15 is 0 Å². The summed E-state index contributed by atoms with van der Waals surface area (Å²) in [6, 6.07) is 10.7. The number of ketones is 1. The first kappa shape index (κ1) is 14.5. The standard InChI is InChI=1S/C14H9Cl2NO3/c15-11-6-5-10(7-12(11)16)14(18)8-9-3-1-2-4-13(9)17(19)20/h1-7H,8H2. The van der Waals surface area contributed by atoms with E-state index in [1.165, 1.54) is 18.2 Å². The number of rotatable bonds is 4. The smallest absolute Gasteiger partial charge is 0.273 e. The van der Waals surface area contributed by atoms with E-state index in [0.29, 0.717) is 16.1 Å². The zero-order valence-corrected chi connectivity index (χ0v) is 11.7. The van der Waals surface area contributed by atoms with E-state index in [-0.39, 0.29) is 22.9 Å². The molecule has 0 aromatic heterocycles. The maximum atomic E-state index is 12.1. The molecule has 102 valence electrons. The van der Waals surface area contributed by atoms with E-state index in [2.05, 4.69) is 0 Å². The van der Waals surface area contributed by atoms with Gasteiger partial charge in [0.1, 0.15) is 0 Å². The van der Waals surface area contributed by atoms with E-state index in [0.717, 1.165) is 0 Å². The molecule has 0 bridgehead atoms. The lowest BCUT2D eigenvalue weighted by atomic mass is 10.0. The van der Waals surface area contributed by atoms with Gasteiger partial charge in [0.2, 0.25) is 0 Å².